The quantitative estimate of drug-likeness (QED) is 0.120. The van der Waals surface area contributed by atoms with Gasteiger partial charge in [-0.15, -0.1) is 0 Å². The summed E-state index contributed by atoms with van der Waals surface area (Å²) in [4.78, 5) is 32.8. The molecule has 1 amide bonds. The first-order valence-electron chi connectivity index (χ1n) is 14.9. The Balaban J connectivity index is 1.54. The van der Waals surface area contributed by atoms with Crippen molar-refractivity contribution < 1.29 is 14.7 Å². The number of carbonyl (C=O) groups excluding carboxylic acids is 1. The van der Waals surface area contributed by atoms with Crippen LogP contribution >= 0.6 is 11.8 Å². The Labute approximate surface area is 254 Å². The van der Waals surface area contributed by atoms with Crippen LogP contribution in [0.2, 0.25) is 0 Å². The van der Waals surface area contributed by atoms with Crippen molar-refractivity contribution in [1.29, 1.82) is 0 Å². The third-order valence-electron chi connectivity index (χ3n) is 7.58. The molecule has 0 spiro atoms. The van der Waals surface area contributed by atoms with Gasteiger partial charge in [-0.25, -0.2) is 9.78 Å². The van der Waals surface area contributed by atoms with Gasteiger partial charge in [-0.05, 0) is 41.5 Å². The highest BCUT2D eigenvalue weighted by Gasteiger charge is 2.36. The second-order valence-electron chi connectivity index (χ2n) is 11.9. The molecule has 6 nitrogen and oxygen atoms in total. The van der Waals surface area contributed by atoms with E-state index < -0.39 is 17.4 Å². The number of carbonyl (C=O) groups is 2. The molecule has 3 aromatic carbocycles. The fraction of sp³-hybridized carbons (Fsp3) is 0.400. The standard InChI is InChI=1S/C35H43N3O3S/c1-5-6-22-31(39)37(25-28(26-16-9-7-10-17-26)27-18-11-8-12-19-27)23-15-24-42-34-36-29-20-13-14-21-30(29)38(34)32(33(40)41)35(2,3)4/h7-14,16-21,28,32H,5-6,15,22-25H2,1-4H3,(H,40,41). The highest BCUT2D eigenvalue weighted by atomic mass is 32.2. The van der Waals surface area contributed by atoms with Crippen LogP contribution in [-0.4, -0.2) is 50.3 Å². The molecule has 0 aliphatic heterocycles. The normalized spacial score (nSPS) is 12.5. The predicted molar refractivity (Wildman–Crippen MR) is 172 cm³/mol. The molecule has 0 fully saturated rings. The Morgan fingerprint density at radius 1 is 0.905 bits per heavy atom. The van der Waals surface area contributed by atoms with E-state index >= 15 is 0 Å². The lowest BCUT2D eigenvalue weighted by atomic mass is 9.86. The molecular formula is C35H43N3O3S. The van der Waals surface area contributed by atoms with E-state index in [0.717, 1.165) is 36.0 Å². The van der Waals surface area contributed by atoms with Gasteiger partial charge in [0, 0.05) is 31.2 Å². The van der Waals surface area contributed by atoms with Gasteiger partial charge in [0.15, 0.2) is 5.16 Å². The molecule has 1 N–H and O–H groups in total. The first-order chi connectivity index (χ1) is 20.2. The Morgan fingerprint density at radius 2 is 1.50 bits per heavy atom. The number of carboxylic acid groups (broad SMARTS) is 1. The van der Waals surface area contributed by atoms with Crippen molar-refractivity contribution in [2.24, 2.45) is 5.41 Å². The van der Waals surface area contributed by atoms with Crippen molar-refractivity contribution in [2.75, 3.05) is 18.8 Å². The molecule has 4 aromatic rings. The van der Waals surface area contributed by atoms with Crippen LogP contribution in [0.5, 0.6) is 0 Å². The van der Waals surface area contributed by atoms with Gasteiger partial charge in [-0.2, -0.15) is 0 Å². The van der Waals surface area contributed by atoms with Crippen LogP contribution in [0.1, 0.15) is 76.5 Å². The van der Waals surface area contributed by atoms with Gasteiger partial charge in [0.25, 0.3) is 0 Å². The fourth-order valence-corrected chi connectivity index (χ4v) is 6.42. The SMILES string of the molecule is CCCCC(=O)N(CCCSc1nc2ccccc2n1C(C(=O)O)C(C)(C)C)CC(c1ccccc1)c1ccccc1. The Bertz CT molecular complexity index is 1410. The number of carboxylic acids is 1. The van der Waals surface area contributed by atoms with E-state index in [9.17, 15) is 14.7 Å². The third-order valence-corrected chi connectivity index (χ3v) is 8.62. The molecule has 0 saturated carbocycles. The molecule has 1 aromatic heterocycles. The smallest absolute Gasteiger partial charge is 0.327 e. The molecule has 222 valence electrons. The number of hydrogen-bond donors (Lipinski definition) is 1. The number of thioether (sulfide) groups is 1. The first kappa shape index (κ1) is 31.4. The van der Waals surface area contributed by atoms with Crippen LogP contribution in [0.3, 0.4) is 0 Å². The topological polar surface area (TPSA) is 75.4 Å². The minimum Gasteiger partial charge on any atom is -0.480 e. The number of imidazole rings is 1. The zero-order valence-corrected chi connectivity index (χ0v) is 26.0. The Hall–Kier alpha value is -3.58. The van der Waals surface area contributed by atoms with Crippen molar-refractivity contribution in [2.45, 2.75) is 70.5 Å². The summed E-state index contributed by atoms with van der Waals surface area (Å²) in [6.45, 7) is 9.21. The van der Waals surface area contributed by atoms with Gasteiger partial charge in [-0.3, -0.25) is 4.79 Å². The number of aliphatic carboxylic acids is 1. The number of rotatable bonds is 14. The van der Waals surface area contributed by atoms with E-state index in [1.807, 2.05) is 66.6 Å². The van der Waals surface area contributed by atoms with Crippen molar-refractivity contribution in [3.8, 4) is 0 Å². The average Bonchev–Trinajstić information content (AvgIpc) is 3.33. The predicted octanol–water partition coefficient (Wildman–Crippen LogP) is 8.04. The molecule has 0 radical (unpaired) electrons. The average molecular weight is 586 g/mol. The number of nitrogens with zero attached hydrogens (tertiary/aromatic N) is 3. The molecular weight excluding hydrogens is 542 g/mol. The molecule has 0 bridgehead atoms. The number of aromatic nitrogens is 2. The summed E-state index contributed by atoms with van der Waals surface area (Å²) in [5.74, 6) is 0.120. The second kappa shape index (κ2) is 14.5. The summed E-state index contributed by atoms with van der Waals surface area (Å²) >= 11 is 1.57. The highest BCUT2D eigenvalue weighted by Crippen LogP contribution is 2.37. The zero-order valence-electron chi connectivity index (χ0n) is 25.2. The van der Waals surface area contributed by atoms with Gasteiger partial charge >= 0.3 is 5.97 Å². The molecule has 7 heteroatoms. The third kappa shape index (κ3) is 7.82. The number of para-hydroxylation sites is 2. The van der Waals surface area contributed by atoms with Gasteiger partial charge in [0.2, 0.25) is 5.91 Å². The molecule has 0 aliphatic rings. The summed E-state index contributed by atoms with van der Waals surface area (Å²) < 4.78 is 1.88. The first-order valence-corrected chi connectivity index (χ1v) is 15.9. The van der Waals surface area contributed by atoms with Crippen molar-refractivity contribution >= 4 is 34.7 Å². The monoisotopic (exact) mass is 585 g/mol. The van der Waals surface area contributed by atoms with Crippen molar-refractivity contribution in [3.63, 3.8) is 0 Å². The van der Waals surface area contributed by atoms with Crippen LogP contribution in [0, 0.1) is 5.41 Å². The number of amides is 1. The van der Waals surface area contributed by atoms with Crippen LogP contribution in [0.25, 0.3) is 11.0 Å². The molecule has 1 atom stereocenters. The van der Waals surface area contributed by atoms with Crippen molar-refractivity contribution in [3.05, 3.63) is 96.1 Å². The minimum atomic E-state index is -0.868. The Morgan fingerprint density at radius 3 is 2.07 bits per heavy atom. The van der Waals surface area contributed by atoms with E-state index in [0.29, 0.717) is 24.7 Å². The van der Waals surface area contributed by atoms with Crippen LogP contribution in [0.4, 0.5) is 0 Å². The maximum Gasteiger partial charge on any atom is 0.327 e. The van der Waals surface area contributed by atoms with E-state index in [4.69, 9.17) is 4.98 Å². The summed E-state index contributed by atoms with van der Waals surface area (Å²) in [7, 11) is 0. The maximum absolute atomic E-state index is 13.4. The second-order valence-corrected chi connectivity index (χ2v) is 12.9. The number of hydrogen-bond acceptors (Lipinski definition) is 4. The van der Waals surface area contributed by atoms with Gasteiger partial charge < -0.3 is 14.6 Å². The number of benzene rings is 3. The lowest BCUT2D eigenvalue weighted by Crippen LogP contribution is -2.36. The van der Waals surface area contributed by atoms with Crippen LogP contribution < -0.4 is 0 Å². The molecule has 42 heavy (non-hydrogen) atoms. The largest absolute Gasteiger partial charge is 0.480 e. The van der Waals surface area contributed by atoms with Gasteiger partial charge in [0.05, 0.1) is 11.0 Å². The molecule has 1 heterocycles. The van der Waals surface area contributed by atoms with E-state index in [2.05, 4.69) is 55.5 Å². The summed E-state index contributed by atoms with van der Waals surface area (Å²) in [6, 6.07) is 27.8. The molecule has 1 unspecified atom stereocenters. The molecule has 0 saturated heterocycles. The van der Waals surface area contributed by atoms with E-state index in [-0.39, 0.29) is 11.8 Å². The lowest BCUT2D eigenvalue weighted by Gasteiger charge is -2.30. The van der Waals surface area contributed by atoms with E-state index in [1.54, 1.807) is 11.8 Å². The summed E-state index contributed by atoms with van der Waals surface area (Å²) in [5.41, 5.74) is 3.51. The van der Waals surface area contributed by atoms with Gasteiger partial charge in [0.1, 0.15) is 6.04 Å². The number of unbranched alkanes of at least 4 members (excludes halogenated alkanes) is 1. The minimum absolute atomic E-state index is 0.0814. The fourth-order valence-electron chi connectivity index (χ4n) is 5.46. The summed E-state index contributed by atoms with van der Waals surface area (Å²) in [6.07, 6.45) is 3.17. The zero-order chi connectivity index (χ0) is 30.1. The lowest BCUT2D eigenvalue weighted by molar-refractivity contribution is -0.144. The number of fused-ring (bicyclic) bond motifs is 1. The van der Waals surface area contributed by atoms with Crippen LogP contribution in [0.15, 0.2) is 90.1 Å². The summed E-state index contributed by atoms with van der Waals surface area (Å²) in [5, 5.41) is 10.9. The highest BCUT2D eigenvalue weighted by molar-refractivity contribution is 7.99. The molecule has 0 aliphatic carbocycles. The van der Waals surface area contributed by atoms with Gasteiger partial charge in [-0.1, -0.05) is 119 Å². The van der Waals surface area contributed by atoms with E-state index in [1.165, 1.54) is 11.1 Å². The van der Waals surface area contributed by atoms with Crippen molar-refractivity contribution in [1.82, 2.24) is 14.5 Å². The maximum atomic E-state index is 13.4. The molecule has 4 rings (SSSR count). The van der Waals surface area contributed by atoms with Crippen LogP contribution in [-0.2, 0) is 9.59 Å². The Kier molecular flexibility index (Phi) is 10.9.